The molecule has 0 aromatic carbocycles. The third-order valence-electron chi connectivity index (χ3n) is 4.60. The number of aromatic nitrogens is 4. The average molecular weight is 329 g/mol. The van der Waals surface area contributed by atoms with Crippen LogP contribution in [0.25, 0.3) is 10.8 Å². The second-order valence-electron chi connectivity index (χ2n) is 5.94. The van der Waals surface area contributed by atoms with Crippen molar-refractivity contribution in [1.29, 1.82) is 0 Å². The number of thiophene rings is 1. The van der Waals surface area contributed by atoms with Crippen molar-refractivity contribution < 1.29 is 4.42 Å². The molecule has 23 heavy (non-hydrogen) atoms. The molecule has 0 aliphatic carbocycles. The Hall–Kier alpha value is -1.99. The minimum absolute atomic E-state index is 0.154. The van der Waals surface area contributed by atoms with E-state index in [1.807, 2.05) is 29.9 Å². The second-order valence-corrected chi connectivity index (χ2v) is 6.89. The largest absolute Gasteiger partial charge is 0.418 e. The van der Waals surface area contributed by atoms with Gasteiger partial charge in [0, 0.05) is 6.20 Å². The van der Waals surface area contributed by atoms with Gasteiger partial charge < -0.3 is 4.42 Å². The van der Waals surface area contributed by atoms with Gasteiger partial charge in [0.25, 0.3) is 5.89 Å². The Morgan fingerprint density at radius 3 is 2.91 bits per heavy atom. The molecular weight excluding hydrogens is 310 g/mol. The Labute approximate surface area is 138 Å². The van der Waals surface area contributed by atoms with Gasteiger partial charge in [0.05, 0.1) is 17.1 Å². The third kappa shape index (κ3) is 2.94. The molecule has 0 saturated carbocycles. The Bertz CT molecular complexity index is 728. The first kappa shape index (κ1) is 14.6. The van der Waals surface area contributed by atoms with E-state index in [-0.39, 0.29) is 6.04 Å². The molecule has 7 heteroatoms. The predicted octanol–water partition coefficient (Wildman–Crippen LogP) is 3.46. The topological polar surface area (TPSA) is 70.8 Å². The van der Waals surface area contributed by atoms with E-state index in [4.69, 9.17) is 4.42 Å². The molecular formula is C16H19N5OS. The number of piperidine rings is 1. The lowest BCUT2D eigenvalue weighted by molar-refractivity contribution is 0.143. The summed E-state index contributed by atoms with van der Waals surface area (Å²) in [5, 5.41) is 17.4. The minimum Gasteiger partial charge on any atom is -0.418 e. The van der Waals surface area contributed by atoms with Crippen LogP contribution in [0.15, 0.2) is 34.3 Å². The summed E-state index contributed by atoms with van der Waals surface area (Å²) >= 11 is 1.62. The Balaban J connectivity index is 1.41. The zero-order valence-electron chi connectivity index (χ0n) is 13.0. The van der Waals surface area contributed by atoms with Crippen molar-refractivity contribution in [3.8, 4) is 10.8 Å². The lowest BCUT2D eigenvalue weighted by Crippen LogP contribution is -2.35. The zero-order valence-corrected chi connectivity index (χ0v) is 13.8. The highest BCUT2D eigenvalue weighted by Gasteiger charge is 2.27. The van der Waals surface area contributed by atoms with E-state index in [9.17, 15) is 0 Å². The van der Waals surface area contributed by atoms with Crippen LogP contribution in [0.5, 0.6) is 0 Å². The summed E-state index contributed by atoms with van der Waals surface area (Å²) in [6, 6.07) is 4.15. The highest BCUT2D eigenvalue weighted by Crippen LogP contribution is 2.32. The van der Waals surface area contributed by atoms with Crippen LogP contribution in [0.2, 0.25) is 0 Å². The first-order chi connectivity index (χ1) is 11.3. The molecule has 1 aliphatic heterocycles. The number of H-pyrrole nitrogens is 1. The summed E-state index contributed by atoms with van der Waals surface area (Å²) in [5.74, 6) is 1.92. The number of rotatable bonds is 4. The number of nitrogens with one attached hydrogen (secondary N) is 1. The van der Waals surface area contributed by atoms with Gasteiger partial charge >= 0.3 is 0 Å². The maximum absolute atomic E-state index is 5.87. The molecule has 1 aliphatic rings. The van der Waals surface area contributed by atoms with Crippen molar-refractivity contribution in [2.45, 2.75) is 31.7 Å². The fraction of sp³-hybridized carbons (Fsp3) is 0.438. The molecule has 1 atom stereocenters. The first-order valence-electron chi connectivity index (χ1n) is 7.91. The second kappa shape index (κ2) is 6.25. The van der Waals surface area contributed by atoms with Gasteiger partial charge in [0.1, 0.15) is 0 Å². The molecule has 3 aromatic heterocycles. The summed E-state index contributed by atoms with van der Waals surface area (Å²) < 4.78 is 5.87. The number of aromatic amines is 1. The molecule has 1 N–H and O–H groups in total. The van der Waals surface area contributed by atoms with Crippen molar-refractivity contribution >= 4 is 11.3 Å². The Morgan fingerprint density at radius 2 is 2.22 bits per heavy atom. The van der Waals surface area contributed by atoms with Crippen LogP contribution < -0.4 is 0 Å². The number of nitrogens with zero attached hydrogens (tertiary/aromatic N) is 4. The molecule has 0 amide bonds. The normalized spacial score (nSPS) is 18.3. The molecule has 1 fully saturated rings. The van der Waals surface area contributed by atoms with Gasteiger partial charge in [-0.1, -0.05) is 6.07 Å². The van der Waals surface area contributed by atoms with Crippen LogP contribution in [0.1, 0.15) is 43.2 Å². The summed E-state index contributed by atoms with van der Waals surface area (Å²) in [6.07, 6.45) is 6.22. The van der Waals surface area contributed by atoms with Crippen LogP contribution in [-0.4, -0.2) is 38.4 Å². The van der Waals surface area contributed by atoms with Crippen LogP contribution in [0.4, 0.5) is 0 Å². The van der Waals surface area contributed by atoms with Crippen LogP contribution in [-0.2, 0) is 0 Å². The van der Waals surface area contributed by atoms with Crippen molar-refractivity contribution in [3.05, 3.63) is 41.4 Å². The molecule has 1 saturated heterocycles. The number of hydrogen-bond donors (Lipinski definition) is 1. The van der Waals surface area contributed by atoms with E-state index in [1.54, 1.807) is 11.3 Å². The van der Waals surface area contributed by atoms with Crippen molar-refractivity contribution in [2.75, 3.05) is 13.1 Å². The smallest absolute Gasteiger partial charge is 0.257 e. The van der Waals surface area contributed by atoms with Gasteiger partial charge in [0.2, 0.25) is 5.89 Å². The molecule has 0 spiro atoms. The van der Waals surface area contributed by atoms with Crippen molar-refractivity contribution in [3.63, 3.8) is 0 Å². The molecule has 4 heterocycles. The van der Waals surface area contributed by atoms with Gasteiger partial charge in [-0.2, -0.15) is 5.10 Å². The maximum Gasteiger partial charge on any atom is 0.257 e. The van der Waals surface area contributed by atoms with Gasteiger partial charge in [-0.25, -0.2) is 0 Å². The van der Waals surface area contributed by atoms with Crippen molar-refractivity contribution in [2.24, 2.45) is 0 Å². The molecule has 6 nitrogen and oxygen atoms in total. The summed E-state index contributed by atoms with van der Waals surface area (Å²) in [7, 11) is 0. The van der Waals surface area contributed by atoms with E-state index in [1.165, 1.54) is 5.56 Å². The zero-order chi connectivity index (χ0) is 15.6. The van der Waals surface area contributed by atoms with Gasteiger partial charge in [0.15, 0.2) is 0 Å². The van der Waals surface area contributed by atoms with Gasteiger partial charge in [-0.05, 0) is 55.8 Å². The van der Waals surface area contributed by atoms with E-state index in [2.05, 4.69) is 32.2 Å². The van der Waals surface area contributed by atoms with Crippen LogP contribution in [0.3, 0.4) is 0 Å². The molecule has 0 radical (unpaired) electrons. The van der Waals surface area contributed by atoms with Crippen LogP contribution in [0, 0.1) is 0 Å². The van der Waals surface area contributed by atoms with E-state index < -0.39 is 0 Å². The van der Waals surface area contributed by atoms with E-state index in [0.29, 0.717) is 17.7 Å². The predicted molar refractivity (Wildman–Crippen MR) is 88.2 cm³/mol. The quantitative estimate of drug-likeness (QED) is 0.793. The van der Waals surface area contributed by atoms with Crippen LogP contribution >= 0.6 is 11.3 Å². The van der Waals surface area contributed by atoms with Gasteiger partial charge in [-0.3, -0.25) is 10.00 Å². The first-order valence-corrected chi connectivity index (χ1v) is 8.79. The maximum atomic E-state index is 5.87. The molecule has 0 unspecified atom stereocenters. The number of hydrogen-bond acceptors (Lipinski definition) is 6. The summed E-state index contributed by atoms with van der Waals surface area (Å²) in [6.45, 7) is 4.21. The highest BCUT2D eigenvalue weighted by molar-refractivity contribution is 7.13. The monoisotopic (exact) mass is 329 g/mol. The SMILES string of the molecule is C[C@@H](c1nnc(-c2cccs2)o1)N1CCC(c2cn[nH]c2)CC1. The highest BCUT2D eigenvalue weighted by atomic mass is 32.1. The fourth-order valence-electron chi connectivity index (χ4n) is 3.16. The standard InChI is InChI=1S/C16H19N5OS/c1-11(15-19-20-16(22-15)14-3-2-8-23-14)21-6-4-12(5-7-21)13-9-17-18-10-13/h2-3,8-12H,4-7H2,1H3,(H,17,18)/t11-/m0/s1. The molecule has 3 aromatic rings. The molecule has 0 bridgehead atoms. The summed E-state index contributed by atoms with van der Waals surface area (Å²) in [4.78, 5) is 3.44. The van der Waals surface area contributed by atoms with Gasteiger partial charge in [-0.15, -0.1) is 21.5 Å². The lowest BCUT2D eigenvalue weighted by atomic mass is 9.91. The van der Waals surface area contributed by atoms with E-state index >= 15 is 0 Å². The third-order valence-corrected chi connectivity index (χ3v) is 5.46. The fourth-order valence-corrected chi connectivity index (χ4v) is 3.81. The number of likely N-dealkylation sites (tertiary alicyclic amines) is 1. The van der Waals surface area contributed by atoms with E-state index in [0.717, 1.165) is 30.8 Å². The lowest BCUT2D eigenvalue weighted by Gasteiger charge is -2.34. The minimum atomic E-state index is 0.154. The Morgan fingerprint density at radius 1 is 1.35 bits per heavy atom. The Kier molecular flexibility index (Phi) is 3.97. The summed E-state index contributed by atoms with van der Waals surface area (Å²) in [5.41, 5.74) is 1.31. The molecule has 4 rings (SSSR count). The van der Waals surface area contributed by atoms with Crippen molar-refractivity contribution in [1.82, 2.24) is 25.3 Å². The average Bonchev–Trinajstić information content (AvgIpc) is 3.36. The molecule has 120 valence electrons.